The van der Waals surface area contributed by atoms with E-state index in [2.05, 4.69) is 5.10 Å². The summed E-state index contributed by atoms with van der Waals surface area (Å²) in [6.07, 6.45) is 3.26. The van der Waals surface area contributed by atoms with Crippen LogP contribution in [-0.4, -0.2) is 40.0 Å². The van der Waals surface area contributed by atoms with Gasteiger partial charge in [0.05, 0.1) is 35.0 Å². The average molecular weight is 354 g/mol. The van der Waals surface area contributed by atoms with Crippen molar-refractivity contribution >= 4 is 11.7 Å². The standard InChI is InChI=1S/C18H15N3O5/c1-25-15-6-4-14(5-7-15)20-11-13(10-19-20)16-9-12(18(22)23)3-8-17(16)21(24)26-2/h3-11H,1-2H3/p+1. The van der Waals surface area contributed by atoms with Gasteiger partial charge in [-0.1, -0.05) is 0 Å². The number of hydrogen-bond acceptors (Lipinski definition) is 5. The molecule has 26 heavy (non-hydrogen) atoms. The van der Waals surface area contributed by atoms with Gasteiger partial charge in [-0.25, -0.2) is 14.3 Å². The first-order valence-corrected chi connectivity index (χ1v) is 7.61. The van der Waals surface area contributed by atoms with Gasteiger partial charge in [0, 0.05) is 17.8 Å². The molecule has 0 aliphatic heterocycles. The van der Waals surface area contributed by atoms with Crippen LogP contribution in [0.1, 0.15) is 10.4 Å². The van der Waals surface area contributed by atoms with Crippen LogP contribution in [0.4, 0.5) is 5.69 Å². The van der Waals surface area contributed by atoms with Crippen LogP contribution < -0.4 is 4.74 Å². The fourth-order valence-electron chi connectivity index (χ4n) is 2.50. The molecule has 0 saturated carbocycles. The van der Waals surface area contributed by atoms with Crippen LogP contribution in [0.3, 0.4) is 0 Å². The summed E-state index contributed by atoms with van der Waals surface area (Å²) in [4.78, 5) is 28.2. The summed E-state index contributed by atoms with van der Waals surface area (Å²) in [5, 5.41) is 13.5. The van der Waals surface area contributed by atoms with E-state index >= 15 is 0 Å². The summed E-state index contributed by atoms with van der Waals surface area (Å²) < 4.78 is 6.75. The number of aromatic nitrogens is 2. The molecule has 0 spiro atoms. The second-order valence-corrected chi connectivity index (χ2v) is 5.35. The Bertz CT molecular complexity index is 963. The van der Waals surface area contributed by atoms with Crippen LogP contribution in [0, 0.1) is 4.91 Å². The monoisotopic (exact) mass is 354 g/mol. The molecule has 0 amide bonds. The first-order valence-electron chi connectivity index (χ1n) is 7.61. The molecular formula is C18H16N3O5+. The van der Waals surface area contributed by atoms with Crippen LogP contribution in [-0.2, 0) is 4.84 Å². The molecule has 0 aliphatic carbocycles. The average Bonchev–Trinajstić information content (AvgIpc) is 3.17. The highest BCUT2D eigenvalue weighted by Crippen LogP contribution is 2.31. The molecular weight excluding hydrogens is 338 g/mol. The van der Waals surface area contributed by atoms with Crippen molar-refractivity contribution in [2.24, 2.45) is 0 Å². The lowest BCUT2D eigenvalue weighted by molar-refractivity contribution is -0.736. The van der Waals surface area contributed by atoms with Crippen molar-refractivity contribution in [2.45, 2.75) is 0 Å². The largest absolute Gasteiger partial charge is 0.497 e. The normalized spacial score (nSPS) is 10.4. The lowest BCUT2D eigenvalue weighted by Gasteiger charge is -2.03. The highest BCUT2D eigenvalue weighted by molar-refractivity contribution is 5.91. The molecule has 0 radical (unpaired) electrons. The Labute approximate surface area is 148 Å². The van der Waals surface area contributed by atoms with Crippen molar-refractivity contribution in [3.05, 3.63) is 65.3 Å². The van der Waals surface area contributed by atoms with E-state index in [-0.39, 0.29) is 11.3 Å². The minimum Gasteiger partial charge on any atom is -0.497 e. The molecule has 1 aromatic heterocycles. The van der Waals surface area contributed by atoms with E-state index in [0.717, 1.165) is 11.4 Å². The number of carboxylic acids is 1. The Morgan fingerprint density at radius 2 is 1.88 bits per heavy atom. The van der Waals surface area contributed by atoms with E-state index in [1.807, 2.05) is 12.1 Å². The van der Waals surface area contributed by atoms with E-state index in [0.29, 0.717) is 16.1 Å². The zero-order chi connectivity index (χ0) is 18.7. The lowest BCUT2D eigenvalue weighted by Crippen LogP contribution is -2.02. The molecule has 0 unspecified atom stereocenters. The zero-order valence-electron chi connectivity index (χ0n) is 14.1. The predicted molar refractivity (Wildman–Crippen MR) is 92.8 cm³/mol. The van der Waals surface area contributed by atoms with Gasteiger partial charge in [0.1, 0.15) is 5.75 Å². The second-order valence-electron chi connectivity index (χ2n) is 5.35. The molecule has 8 heteroatoms. The maximum atomic E-state index is 11.9. The Morgan fingerprint density at radius 3 is 2.50 bits per heavy atom. The third kappa shape index (κ3) is 3.25. The summed E-state index contributed by atoms with van der Waals surface area (Å²) in [5.41, 5.74) is 2.02. The number of carboxylic acid groups (broad SMARTS) is 1. The van der Waals surface area contributed by atoms with Gasteiger partial charge < -0.3 is 9.84 Å². The van der Waals surface area contributed by atoms with Gasteiger partial charge in [-0.15, -0.1) is 0 Å². The lowest BCUT2D eigenvalue weighted by atomic mass is 10.0. The molecule has 0 fully saturated rings. The molecule has 8 nitrogen and oxygen atoms in total. The fraction of sp³-hybridized carbons (Fsp3) is 0.111. The van der Waals surface area contributed by atoms with E-state index in [9.17, 15) is 14.8 Å². The summed E-state index contributed by atoms with van der Waals surface area (Å²) >= 11 is 0. The van der Waals surface area contributed by atoms with Gasteiger partial charge in [-0.3, -0.25) is 0 Å². The maximum Gasteiger partial charge on any atom is 0.335 e. The Kier molecular flexibility index (Phi) is 4.66. The number of aromatic carboxylic acids is 1. The Balaban J connectivity index is 2.05. The molecule has 132 valence electrons. The van der Waals surface area contributed by atoms with Crippen molar-refractivity contribution in [3.8, 4) is 22.6 Å². The molecule has 3 rings (SSSR count). The number of methoxy groups -OCH3 is 1. The van der Waals surface area contributed by atoms with Gasteiger partial charge in [0.2, 0.25) is 0 Å². The minimum absolute atomic E-state index is 0.0606. The predicted octanol–water partition coefficient (Wildman–Crippen LogP) is 3.22. The van der Waals surface area contributed by atoms with Crippen LogP contribution in [0.25, 0.3) is 16.8 Å². The van der Waals surface area contributed by atoms with Crippen molar-refractivity contribution in [1.82, 2.24) is 9.78 Å². The minimum atomic E-state index is -1.09. The van der Waals surface area contributed by atoms with Crippen molar-refractivity contribution in [1.29, 1.82) is 0 Å². The topological polar surface area (TPSA) is 93.7 Å². The summed E-state index contributed by atoms with van der Waals surface area (Å²) in [7, 11) is 2.82. The highest BCUT2D eigenvalue weighted by Gasteiger charge is 2.24. The van der Waals surface area contributed by atoms with Crippen LogP contribution in [0.2, 0.25) is 0 Å². The Morgan fingerprint density at radius 1 is 1.15 bits per heavy atom. The molecule has 0 atom stereocenters. The molecule has 2 aromatic carbocycles. The summed E-state index contributed by atoms with van der Waals surface area (Å²) in [6.45, 7) is 0. The van der Waals surface area contributed by atoms with Crippen molar-refractivity contribution in [2.75, 3.05) is 14.2 Å². The molecule has 1 N–H and O–H groups in total. The first kappa shape index (κ1) is 17.2. The third-order valence-electron chi connectivity index (χ3n) is 3.84. The van der Waals surface area contributed by atoms with E-state index < -0.39 is 5.97 Å². The second kappa shape index (κ2) is 7.06. The molecule has 0 saturated heterocycles. The Hall–Kier alpha value is -3.68. The zero-order valence-corrected chi connectivity index (χ0v) is 14.1. The first-order chi connectivity index (χ1) is 12.5. The van der Waals surface area contributed by atoms with Gasteiger partial charge in [0.15, 0.2) is 7.11 Å². The van der Waals surface area contributed by atoms with E-state index in [1.54, 1.807) is 36.3 Å². The number of carbonyl (C=O) groups is 1. The van der Waals surface area contributed by atoms with Crippen molar-refractivity contribution < 1.29 is 24.4 Å². The number of ether oxygens (including phenoxy) is 1. The van der Waals surface area contributed by atoms with Gasteiger partial charge >= 0.3 is 11.7 Å². The number of hydrogen-bond donors (Lipinski definition) is 1. The number of rotatable bonds is 6. The van der Waals surface area contributed by atoms with Gasteiger partial charge in [-0.2, -0.15) is 5.10 Å². The number of nitrogens with zero attached hydrogens (tertiary/aromatic N) is 3. The molecule has 1 heterocycles. The SMILES string of the molecule is COc1ccc(-n2cc(-c3cc(C(=O)O)ccc3[N+](=O)OC)cn2)cc1. The highest BCUT2D eigenvalue weighted by atomic mass is 16.8. The molecule has 0 bridgehead atoms. The third-order valence-corrected chi connectivity index (χ3v) is 3.84. The van der Waals surface area contributed by atoms with Crippen molar-refractivity contribution in [3.63, 3.8) is 0 Å². The summed E-state index contributed by atoms with van der Waals surface area (Å²) in [5.74, 6) is -0.366. The maximum absolute atomic E-state index is 11.9. The molecule has 3 aromatic rings. The van der Waals surface area contributed by atoms with Crippen LogP contribution in [0.5, 0.6) is 5.75 Å². The number of benzene rings is 2. The van der Waals surface area contributed by atoms with Crippen LogP contribution in [0.15, 0.2) is 54.9 Å². The quantitative estimate of drug-likeness (QED) is 0.683. The summed E-state index contributed by atoms with van der Waals surface area (Å²) in [6, 6.07) is 11.4. The van der Waals surface area contributed by atoms with Gasteiger partial charge in [-0.05, 0) is 36.4 Å². The fourth-order valence-corrected chi connectivity index (χ4v) is 2.50. The van der Waals surface area contributed by atoms with E-state index in [4.69, 9.17) is 9.57 Å². The molecule has 0 aliphatic rings. The van der Waals surface area contributed by atoms with E-state index in [1.165, 1.54) is 25.3 Å². The van der Waals surface area contributed by atoms with Crippen LogP contribution >= 0.6 is 0 Å². The smallest absolute Gasteiger partial charge is 0.335 e. The van der Waals surface area contributed by atoms with Gasteiger partial charge in [0.25, 0.3) is 4.92 Å².